The third-order valence-electron chi connectivity index (χ3n) is 4.22. The number of carbonyl (C=O) groups is 1. The number of ether oxygens (including phenoxy) is 2. The second-order valence-corrected chi connectivity index (χ2v) is 6.11. The largest absolute Gasteiger partial charge is 0.497 e. The minimum atomic E-state index is 0.100. The molecule has 0 spiro atoms. The summed E-state index contributed by atoms with van der Waals surface area (Å²) in [6, 6.07) is 14.1. The van der Waals surface area contributed by atoms with Crippen molar-refractivity contribution >= 4 is 5.91 Å². The van der Waals surface area contributed by atoms with Gasteiger partial charge in [0.1, 0.15) is 11.5 Å². The van der Waals surface area contributed by atoms with E-state index in [9.17, 15) is 4.79 Å². The first-order valence-electron chi connectivity index (χ1n) is 8.65. The lowest BCUT2D eigenvalue weighted by molar-refractivity contribution is -0.121. The maximum Gasteiger partial charge on any atom is 0.220 e. The molecule has 0 aliphatic carbocycles. The fourth-order valence-electron chi connectivity index (χ4n) is 2.75. The molecular formula is C21H27NO3. The molecule has 4 nitrogen and oxygen atoms in total. The Kier molecular flexibility index (Phi) is 7.33. The van der Waals surface area contributed by atoms with Crippen molar-refractivity contribution in [2.24, 2.45) is 0 Å². The van der Waals surface area contributed by atoms with Crippen LogP contribution in [0.15, 0.2) is 42.5 Å². The predicted octanol–water partition coefficient (Wildman–Crippen LogP) is 3.69. The van der Waals surface area contributed by atoms with Crippen LogP contribution in [0.25, 0.3) is 0 Å². The quantitative estimate of drug-likeness (QED) is 0.708. The molecule has 0 heterocycles. The van der Waals surface area contributed by atoms with E-state index in [1.54, 1.807) is 14.2 Å². The van der Waals surface area contributed by atoms with Gasteiger partial charge in [-0.2, -0.15) is 0 Å². The standard InChI is InChI=1S/C21H27NO3/c1-16-15-18(8-12-20(16)25-3)9-13-21(23)22-14-4-5-17-6-10-19(24-2)11-7-17/h6-8,10-12,15H,4-5,9,13-14H2,1-3H3,(H,22,23). The summed E-state index contributed by atoms with van der Waals surface area (Å²) in [5, 5.41) is 2.99. The lowest BCUT2D eigenvalue weighted by atomic mass is 10.1. The molecule has 0 saturated carbocycles. The summed E-state index contributed by atoms with van der Waals surface area (Å²) in [6.07, 6.45) is 3.13. The summed E-state index contributed by atoms with van der Waals surface area (Å²) in [5.41, 5.74) is 3.51. The number of methoxy groups -OCH3 is 2. The fraction of sp³-hybridized carbons (Fsp3) is 0.381. The van der Waals surface area contributed by atoms with E-state index >= 15 is 0 Å². The van der Waals surface area contributed by atoms with Crippen LogP contribution < -0.4 is 14.8 Å². The molecule has 0 atom stereocenters. The number of hydrogen-bond donors (Lipinski definition) is 1. The highest BCUT2D eigenvalue weighted by molar-refractivity contribution is 5.76. The second-order valence-electron chi connectivity index (χ2n) is 6.11. The zero-order chi connectivity index (χ0) is 18.1. The van der Waals surface area contributed by atoms with Gasteiger partial charge in [0, 0.05) is 13.0 Å². The van der Waals surface area contributed by atoms with Gasteiger partial charge in [0.25, 0.3) is 0 Å². The molecule has 2 rings (SSSR count). The highest BCUT2D eigenvalue weighted by Crippen LogP contribution is 2.19. The van der Waals surface area contributed by atoms with Crippen LogP contribution >= 0.6 is 0 Å². The van der Waals surface area contributed by atoms with Crippen molar-refractivity contribution in [3.8, 4) is 11.5 Å². The van der Waals surface area contributed by atoms with E-state index in [4.69, 9.17) is 9.47 Å². The number of aryl methyl sites for hydroxylation is 3. The number of amides is 1. The number of carbonyl (C=O) groups excluding carboxylic acids is 1. The minimum absolute atomic E-state index is 0.100. The summed E-state index contributed by atoms with van der Waals surface area (Å²) >= 11 is 0. The number of rotatable bonds is 9. The van der Waals surface area contributed by atoms with Crippen LogP contribution in [0.4, 0.5) is 0 Å². The minimum Gasteiger partial charge on any atom is -0.497 e. The molecule has 0 aliphatic rings. The van der Waals surface area contributed by atoms with Crippen molar-refractivity contribution in [1.82, 2.24) is 5.32 Å². The maximum atomic E-state index is 12.0. The van der Waals surface area contributed by atoms with E-state index in [0.717, 1.165) is 41.9 Å². The van der Waals surface area contributed by atoms with Gasteiger partial charge in [-0.15, -0.1) is 0 Å². The molecule has 134 valence electrons. The molecule has 0 aromatic heterocycles. The van der Waals surface area contributed by atoms with Gasteiger partial charge in [-0.25, -0.2) is 0 Å². The van der Waals surface area contributed by atoms with E-state index in [-0.39, 0.29) is 5.91 Å². The number of hydrogen-bond acceptors (Lipinski definition) is 3. The van der Waals surface area contributed by atoms with Crippen LogP contribution in [0.5, 0.6) is 11.5 Å². The molecule has 2 aromatic rings. The van der Waals surface area contributed by atoms with Crippen LogP contribution in [0.2, 0.25) is 0 Å². The van der Waals surface area contributed by atoms with Crippen molar-refractivity contribution in [3.63, 3.8) is 0 Å². The summed E-state index contributed by atoms with van der Waals surface area (Å²) in [4.78, 5) is 12.0. The Labute approximate surface area is 150 Å². The van der Waals surface area contributed by atoms with Crippen molar-refractivity contribution in [1.29, 1.82) is 0 Å². The van der Waals surface area contributed by atoms with Gasteiger partial charge in [0.15, 0.2) is 0 Å². The zero-order valence-electron chi connectivity index (χ0n) is 15.3. The Morgan fingerprint density at radius 3 is 2.32 bits per heavy atom. The highest BCUT2D eigenvalue weighted by Gasteiger charge is 2.04. The summed E-state index contributed by atoms with van der Waals surface area (Å²) in [5.74, 6) is 1.85. The van der Waals surface area contributed by atoms with E-state index in [1.165, 1.54) is 5.56 Å². The second kappa shape index (κ2) is 9.72. The van der Waals surface area contributed by atoms with E-state index < -0.39 is 0 Å². The normalized spacial score (nSPS) is 10.4. The molecule has 4 heteroatoms. The number of benzene rings is 2. The van der Waals surface area contributed by atoms with Crippen molar-refractivity contribution in [2.45, 2.75) is 32.6 Å². The van der Waals surface area contributed by atoms with Gasteiger partial charge in [-0.3, -0.25) is 4.79 Å². The predicted molar refractivity (Wildman–Crippen MR) is 100 cm³/mol. The first-order chi connectivity index (χ1) is 12.1. The van der Waals surface area contributed by atoms with Crippen molar-refractivity contribution in [2.75, 3.05) is 20.8 Å². The van der Waals surface area contributed by atoms with Crippen LogP contribution in [0.3, 0.4) is 0 Å². The van der Waals surface area contributed by atoms with Crippen LogP contribution in [0.1, 0.15) is 29.5 Å². The van der Waals surface area contributed by atoms with Gasteiger partial charge in [-0.05, 0) is 61.1 Å². The van der Waals surface area contributed by atoms with Crippen LogP contribution in [-0.4, -0.2) is 26.7 Å². The summed E-state index contributed by atoms with van der Waals surface area (Å²) in [7, 11) is 3.33. The lowest BCUT2D eigenvalue weighted by Gasteiger charge is -2.08. The molecule has 0 unspecified atom stereocenters. The lowest BCUT2D eigenvalue weighted by Crippen LogP contribution is -2.25. The Bertz CT molecular complexity index is 680. The average molecular weight is 341 g/mol. The summed E-state index contributed by atoms with van der Waals surface area (Å²) in [6.45, 7) is 2.72. The molecule has 0 saturated heterocycles. The maximum absolute atomic E-state index is 12.0. The number of nitrogens with one attached hydrogen (secondary N) is 1. The van der Waals surface area contributed by atoms with Crippen LogP contribution in [-0.2, 0) is 17.6 Å². The first kappa shape index (κ1) is 18.8. The highest BCUT2D eigenvalue weighted by atomic mass is 16.5. The fourth-order valence-corrected chi connectivity index (χ4v) is 2.75. The van der Waals surface area contributed by atoms with Gasteiger partial charge < -0.3 is 14.8 Å². The third-order valence-corrected chi connectivity index (χ3v) is 4.22. The molecule has 2 aromatic carbocycles. The molecule has 0 fully saturated rings. The Hall–Kier alpha value is -2.49. The molecule has 1 amide bonds. The molecule has 25 heavy (non-hydrogen) atoms. The Morgan fingerprint density at radius 1 is 0.960 bits per heavy atom. The average Bonchev–Trinajstić information content (AvgIpc) is 2.64. The van der Waals surface area contributed by atoms with Crippen molar-refractivity contribution < 1.29 is 14.3 Å². The summed E-state index contributed by atoms with van der Waals surface area (Å²) < 4.78 is 10.4. The monoisotopic (exact) mass is 341 g/mol. The topological polar surface area (TPSA) is 47.6 Å². The van der Waals surface area contributed by atoms with Gasteiger partial charge in [-0.1, -0.05) is 24.3 Å². The molecular weight excluding hydrogens is 314 g/mol. The van der Waals surface area contributed by atoms with Gasteiger partial charge in [0.05, 0.1) is 14.2 Å². The SMILES string of the molecule is COc1ccc(CCCNC(=O)CCc2ccc(OC)c(C)c2)cc1. The zero-order valence-corrected chi connectivity index (χ0v) is 15.3. The van der Waals surface area contributed by atoms with E-state index in [0.29, 0.717) is 13.0 Å². The Morgan fingerprint density at radius 2 is 1.68 bits per heavy atom. The smallest absolute Gasteiger partial charge is 0.220 e. The van der Waals surface area contributed by atoms with Crippen LogP contribution in [0, 0.1) is 6.92 Å². The molecule has 0 radical (unpaired) electrons. The molecule has 0 bridgehead atoms. The molecule has 1 N–H and O–H groups in total. The van der Waals surface area contributed by atoms with E-state index in [1.807, 2.05) is 31.2 Å². The third kappa shape index (κ3) is 6.14. The van der Waals surface area contributed by atoms with Gasteiger partial charge >= 0.3 is 0 Å². The van der Waals surface area contributed by atoms with E-state index in [2.05, 4.69) is 23.5 Å². The molecule has 0 aliphatic heterocycles. The van der Waals surface area contributed by atoms with Gasteiger partial charge in [0.2, 0.25) is 5.91 Å². The van der Waals surface area contributed by atoms with Crippen molar-refractivity contribution in [3.05, 3.63) is 59.2 Å². The Balaban J connectivity index is 1.66. The first-order valence-corrected chi connectivity index (χ1v) is 8.65.